The van der Waals surface area contributed by atoms with Crippen molar-refractivity contribution < 1.29 is 4.79 Å². The second-order valence-electron chi connectivity index (χ2n) is 4.82. The first-order valence-corrected chi connectivity index (χ1v) is 8.81. The van der Waals surface area contributed by atoms with Gasteiger partial charge in [-0.25, -0.2) is 0 Å². The van der Waals surface area contributed by atoms with Crippen LogP contribution in [-0.2, 0) is 6.54 Å². The third-order valence-corrected chi connectivity index (χ3v) is 4.99. The number of fused-ring (bicyclic) bond motifs is 1. The van der Waals surface area contributed by atoms with E-state index in [2.05, 4.69) is 27.5 Å². The van der Waals surface area contributed by atoms with Gasteiger partial charge in [0.05, 0.1) is 10.2 Å². The minimum Gasteiger partial charge on any atom is -0.312 e. The molecular weight excluding hydrogens is 396 g/mol. The largest absolute Gasteiger partial charge is 0.312 e. The Hall–Kier alpha value is -1.69. The van der Waals surface area contributed by atoms with E-state index in [9.17, 15) is 4.79 Å². The summed E-state index contributed by atoms with van der Waals surface area (Å²) < 4.78 is 4.02. The first-order chi connectivity index (χ1) is 11.1. The summed E-state index contributed by atoms with van der Waals surface area (Å²) in [6.45, 7) is 4.37. The van der Waals surface area contributed by atoms with E-state index >= 15 is 0 Å². The molecule has 0 bridgehead atoms. The Bertz CT molecular complexity index is 974. The lowest BCUT2D eigenvalue weighted by molar-refractivity contribution is 0.0998. The second-order valence-corrected chi connectivity index (χ2v) is 7.18. The molecule has 0 radical (unpaired) electrons. The Labute approximate surface area is 150 Å². The molecule has 0 atom stereocenters. The Morgan fingerprint density at radius 2 is 2.17 bits per heavy atom. The Morgan fingerprint density at radius 1 is 1.35 bits per heavy atom. The fraction of sp³-hybridized carbons (Fsp3) is 0.0588. The van der Waals surface area contributed by atoms with Crippen molar-refractivity contribution in [1.82, 2.24) is 4.57 Å². The van der Waals surface area contributed by atoms with Crippen molar-refractivity contribution in [3.8, 4) is 0 Å². The number of thiazole rings is 1. The van der Waals surface area contributed by atoms with Crippen LogP contribution in [0, 0.1) is 0 Å². The molecule has 116 valence electrons. The molecule has 0 N–H and O–H groups in total. The molecule has 23 heavy (non-hydrogen) atoms. The number of nitrogens with zero attached hydrogens (tertiary/aromatic N) is 2. The summed E-state index contributed by atoms with van der Waals surface area (Å²) in [5.74, 6) is -0.309. The van der Waals surface area contributed by atoms with Crippen molar-refractivity contribution in [1.29, 1.82) is 0 Å². The van der Waals surface area contributed by atoms with Crippen molar-refractivity contribution in [3.63, 3.8) is 0 Å². The minimum atomic E-state index is -0.309. The van der Waals surface area contributed by atoms with E-state index in [4.69, 9.17) is 11.6 Å². The summed E-state index contributed by atoms with van der Waals surface area (Å²) in [6.07, 6.45) is 1.79. The predicted octanol–water partition coefficient (Wildman–Crippen LogP) is 5.05. The summed E-state index contributed by atoms with van der Waals surface area (Å²) in [5, 5.41) is 0.519. The van der Waals surface area contributed by atoms with Crippen LogP contribution in [0.1, 0.15) is 10.4 Å². The lowest BCUT2D eigenvalue weighted by Crippen LogP contribution is -2.16. The molecule has 0 fully saturated rings. The number of carbonyl (C=O) groups is 1. The van der Waals surface area contributed by atoms with Crippen LogP contribution >= 0.6 is 38.9 Å². The van der Waals surface area contributed by atoms with E-state index < -0.39 is 0 Å². The topological polar surface area (TPSA) is 34.4 Å². The van der Waals surface area contributed by atoms with E-state index in [1.54, 1.807) is 30.3 Å². The minimum absolute atomic E-state index is 0.309. The number of rotatable bonds is 3. The second kappa shape index (κ2) is 6.83. The number of carbonyl (C=O) groups excluding carboxylic acids is 1. The summed E-state index contributed by atoms with van der Waals surface area (Å²) >= 11 is 10.9. The molecule has 0 aliphatic heterocycles. The molecule has 1 amide bonds. The fourth-order valence-corrected chi connectivity index (χ4v) is 3.99. The maximum absolute atomic E-state index is 12.4. The number of hydrogen-bond acceptors (Lipinski definition) is 2. The van der Waals surface area contributed by atoms with E-state index in [1.165, 1.54) is 11.3 Å². The quantitative estimate of drug-likeness (QED) is 0.560. The smallest absolute Gasteiger partial charge is 0.279 e. The van der Waals surface area contributed by atoms with Crippen LogP contribution in [0.4, 0.5) is 0 Å². The van der Waals surface area contributed by atoms with Crippen molar-refractivity contribution in [3.05, 3.63) is 75.0 Å². The zero-order valence-corrected chi connectivity index (χ0v) is 15.2. The highest BCUT2D eigenvalue weighted by atomic mass is 79.9. The molecule has 0 saturated heterocycles. The van der Waals surface area contributed by atoms with Gasteiger partial charge < -0.3 is 4.57 Å². The van der Waals surface area contributed by atoms with Gasteiger partial charge in [0.1, 0.15) is 0 Å². The zero-order chi connectivity index (χ0) is 16.4. The molecule has 0 spiro atoms. The lowest BCUT2D eigenvalue weighted by atomic mass is 10.2. The van der Waals surface area contributed by atoms with Gasteiger partial charge in [-0.1, -0.05) is 51.0 Å². The Balaban J connectivity index is 2.16. The molecule has 2 aromatic carbocycles. The van der Waals surface area contributed by atoms with Crippen LogP contribution in [0.15, 0.2) is 64.6 Å². The van der Waals surface area contributed by atoms with Crippen molar-refractivity contribution in [2.75, 3.05) is 0 Å². The van der Waals surface area contributed by atoms with Gasteiger partial charge in [0.15, 0.2) is 4.80 Å². The Morgan fingerprint density at radius 3 is 2.91 bits per heavy atom. The van der Waals surface area contributed by atoms with E-state index in [-0.39, 0.29) is 5.91 Å². The monoisotopic (exact) mass is 406 g/mol. The van der Waals surface area contributed by atoms with E-state index in [0.717, 1.165) is 14.7 Å². The van der Waals surface area contributed by atoms with Gasteiger partial charge in [-0.3, -0.25) is 4.79 Å². The SMILES string of the molecule is C=CCn1c(=NC(=O)c2cccc(Cl)c2)sc2cc(Br)ccc21. The van der Waals surface area contributed by atoms with Crippen molar-refractivity contribution >= 4 is 55.0 Å². The third kappa shape index (κ3) is 3.47. The van der Waals surface area contributed by atoms with Gasteiger partial charge in [-0.15, -0.1) is 6.58 Å². The number of hydrogen-bond donors (Lipinski definition) is 0. The molecule has 3 nitrogen and oxygen atoms in total. The lowest BCUT2D eigenvalue weighted by Gasteiger charge is -2.01. The number of amides is 1. The standard InChI is InChI=1S/C17H12BrClN2OS/c1-2-8-21-14-7-6-12(18)10-15(14)23-17(21)20-16(22)11-4-3-5-13(19)9-11/h2-7,9-10H,1,8H2. The molecule has 0 unspecified atom stereocenters. The first-order valence-electron chi connectivity index (χ1n) is 6.83. The third-order valence-electron chi connectivity index (χ3n) is 3.23. The normalized spacial score (nSPS) is 11.8. The highest BCUT2D eigenvalue weighted by molar-refractivity contribution is 9.10. The number of allylic oxidation sites excluding steroid dienone is 1. The number of halogens is 2. The van der Waals surface area contributed by atoms with E-state index in [0.29, 0.717) is 21.9 Å². The maximum atomic E-state index is 12.4. The van der Waals surface area contributed by atoms with Gasteiger partial charge in [-0.05, 0) is 36.4 Å². The summed E-state index contributed by atoms with van der Waals surface area (Å²) in [5.41, 5.74) is 1.50. The summed E-state index contributed by atoms with van der Waals surface area (Å²) in [4.78, 5) is 17.3. The summed E-state index contributed by atoms with van der Waals surface area (Å²) in [7, 11) is 0. The molecule has 3 aromatic rings. The maximum Gasteiger partial charge on any atom is 0.279 e. The van der Waals surface area contributed by atoms with Gasteiger partial charge in [-0.2, -0.15) is 4.99 Å². The van der Waals surface area contributed by atoms with Crippen molar-refractivity contribution in [2.45, 2.75) is 6.54 Å². The average molecular weight is 408 g/mol. The van der Waals surface area contributed by atoms with Crippen LogP contribution in [-0.4, -0.2) is 10.5 Å². The van der Waals surface area contributed by atoms with Crippen LogP contribution in [0.3, 0.4) is 0 Å². The van der Waals surface area contributed by atoms with Crippen LogP contribution in [0.5, 0.6) is 0 Å². The van der Waals surface area contributed by atoms with Crippen LogP contribution in [0.2, 0.25) is 5.02 Å². The zero-order valence-electron chi connectivity index (χ0n) is 12.0. The molecule has 1 aromatic heterocycles. The van der Waals surface area contributed by atoms with Gasteiger partial charge in [0, 0.05) is 21.6 Å². The molecule has 6 heteroatoms. The molecular formula is C17H12BrClN2OS. The van der Waals surface area contributed by atoms with Gasteiger partial charge >= 0.3 is 0 Å². The average Bonchev–Trinajstić information content (AvgIpc) is 2.84. The molecule has 0 aliphatic carbocycles. The fourth-order valence-electron chi connectivity index (χ4n) is 2.21. The van der Waals surface area contributed by atoms with Crippen LogP contribution in [0.25, 0.3) is 10.2 Å². The Kier molecular flexibility index (Phi) is 4.80. The van der Waals surface area contributed by atoms with Gasteiger partial charge in [0.25, 0.3) is 5.91 Å². The van der Waals surface area contributed by atoms with Gasteiger partial charge in [0.2, 0.25) is 0 Å². The number of aromatic nitrogens is 1. The highest BCUT2D eigenvalue weighted by Crippen LogP contribution is 2.22. The molecule has 0 saturated carbocycles. The molecule has 0 aliphatic rings. The molecule has 3 rings (SSSR count). The predicted molar refractivity (Wildman–Crippen MR) is 99.1 cm³/mol. The van der Waals surface area contributed by atoms with E-state index in [1.807, 2.05) is 22.8 Å². The van der Waals surface area contributed by atoms with Crippen molar-refractivity contribution in [2.24, 2.45) is 4.99 Å². The van der Waals surface area contributed by atoms with Crippen LogP contribution < -0.4 is 4.80 Å². The number of benzene rings is 2. The molecule has 1 heterocycles. The highest BCUT2D eigenvalue weighted by Gasteiger charge is 2.09. The first kappa shape index (κ1) is 16.2. The summed E-state index contributed by atoms with van der Waals surface area (Å²) in [6, 6.07) is 12.8.